The van der Waals surface area contributed by atoms with Crippen molar-refractivity contribution in [2.24, 2.45) is 0 Å². The number of carbonyl (C=O) groups is 1. The number of rotatable bonds is 8. The highest BCUT2D eigenvalue weighted by atomic mass is 16.6. The lowest BCUT2D eigenvalue weighted by atomic mass is 10.2. The first-order chi connectivity index (χ1) is 10.4. The van der Waals surface area contributed by atoms with Crippen LogP contribution in [0.15, 0.2) is 12.4 Å². The molecule has 1 unspecified atom stereocenters. The second-order valence-corrected chi connectivity index (χ2v) is 6.41. The molecule has 0 saturated carbocycles. The van der Waals surface area contributed by atoms with Crippen molar-refractivity contribution in [1.82, 2.24) is 20.2 Å². The van der Waals surface area contributed by atoms with Crippen LogP contribution in [-0.4, -0.2) is 33.8 Å². The van der Waals surface area contributed by atoms with Gasteiger partial charge in [-0.05, 0) is 33.6 Å². The molecule has 6 nitrogen and oxygen atoms in total. The van der Waals surface area contributed by atoms with Gasteiger partial charge in [-0.1, -0.05) is 13.8 Å². The molecule has 1 atom stereocenters. The van der Waals surface area contributed by atoms with E-state index in [4.69, 9.17) is 4.74 Å². The number of alkyl carbamates (subject to hydrolysis) is 1. The van der Waals surface area contributed by atoms with E-state index in [0.29, 0.717) is 13.1 Å². The van der Waals surface area contributed by atoms with Crippen LogP contribution < -0.4 is 10.6 Å². The third-order valence-electron chi connectivity index (χ3n) is 3.20. The Hall–Kier alpha value is -1.56. The highest BCUT2D eigenvalue weighted by Gasteiger charge is 2.17. The normalized spacial score (nSPS) is 13.0. The van der Waals surface area contributed by atoms with Crippen molar-refractivity contribution in [3.05, 3.63) is 18.2 Å². The van der Waals surface area contributed by atoms with Crippen molar-refractivity contribution in [2.45, 2.75) is 72.2 Å². The van der Waals surface area contributed by atoms with Gasteiger partial charge in [-0.2, -0.15) is 0 Å². The summed E-state index contributed by atoms with van der Waals surface area (Å²) < 4.78 is 7.39. The maximum absolute atomic E-state index is 11.7. The number of hydrogen-bond acceptors (Lipinski definition) is 4. The summed E-state index contributed by atoms with van der Waals surface area (Å²) >= 11 is 0. The van der Waals surface area contributed by atoms with Gasteiger partial charge in [0, 0.05) is 31.5 Å². The fourth-order valence-corrected chi connectivity index (χ4v) is 2.07. The number of ether oxygens (including phenoxy) is 1. The molecule has 1 heterocycles. The summed E-state index contributed by atoms with van der Waals surface area (Å²) in [6.07, 6.45) is 5.46. The van der Waals surface area contributed by atoms with E-state index in [9.17, 15) is 4.79 Å². The molecule has 0 bridgehead atoms. The Morgan fingerprint density at radius 1 is 1.41 bits per heavy atom. The summed E-state index contributed by atoms with van der Waals surface area (Å²) in [6, 6.07) is 0.194. The molecule has 0 aliphatic rings. The number of carbonyl (C=O) groups excluding carboxylic acids is 1. The molecular weight excluding hydrogens is 280 g/mol. The summed E-state index contributed by atoms with van der Waals surface area (Å²) in [5.41, 5.74) is -0.468. The molecule has 0 radical (unpaired) electrons. The van der Waals surface area contributed by atoms with E-state index in [0.717, 1.165) is 25.2 Å². The SMILES string of the molecule is CCCn1ccnc1CNC(CC)CNC(=O)OC(C)(C)C. The van der Waals surface area contributed by atoms with E-state index in [1.807, 2.05) is 33.2 Å². The topological polar surface area (TPSA) is 68.2 Å². The van der Waals surface area contributed by atoms with Crippen molar-refractivity contribution >= 4 is 6.09 Å². The van der Waals surface area contributed by atoms with Crippen LogP contribution in [0.25, 0.3) is 0 Å². The lowest BCUT2D eigenvalue weighted by Crippen LogP contribution is -2.42. The van der Waals surface area contributed by atoms with Gasteiger partial charge >= 0.3 is 6.09 Å². The van der Waals surface area contributed by atoms with Gasteiger partial charge in [0.1, 0.15) is 11.4 Å². The number of hydrogen-bond donors (Lipinski definition) is 2. The molecule has 0 aliphatic carbocycles. The lowest BCUT2D eigenvalue weighted by Gasteiger charge is -2.22. The molecule has 0 saturated heterocycles. The van der Waals surface area contributed by atoms with E-state index in [2.05, 4.69) is 34.0 Å². The molecule has 0 aromatic carbocycles. The number of nitrogens with zero attached hydrogens (tertiary/aromatic N) is 2. The van der Waals surface area contributed by atoms with Crippen LogP contribution in [0.1, 0.15) is 53.3 Å². The van der Waals surface area contributed by atoms with E-state index in [1.165, 1.54) is 0 Å². The van der Waals surface area contributed by atoms with E-state index in [-0.39, 0.29) is 12.1 Å². The van der Waals surface area contributed by atoms with Gasteiger partial charge in [0.15, 0.2) is 0 Å². The Bertz CT molecular complexity index is 451. The Kier molecular flexibility index (Phi) is 7.38. The smallest absolute Gasteiger partial charge is 0.407 e. The number of nitrogens with one attached hydrogen (secondary N) is 2. The van der Waals surface area contributed by atoms with Gasteiger partial charge in [-0.15, -0.1) is 0 Å². The number of amides is 1. The first-order valence-corrected chi connectivity index (χ1v) is 8.06. The lowest BCUT2D eigenvalue weighted by molar-refractivity contribution is 0.0522. The minimum absolute atomic E-state index is 0.194. The number of imidazole rings is 1. The minimum Gasteiger partial charge on any atom is -0.444 e. The van der Waals surface area contributed by atoms with Gasteiger partial charge in [-0.25, -0.2) is 9.78 Å². The number of aromatic nitrogens is 2. The zero-order valence-electron chi connectivity index (χ0n) is 14.5. The number of aryl methyl sites for hydroxylation is 1. The maximum Gasteiger partial charge on any atom is 0.407 e. The van der Waals surface area contributed by atoms with Gasteiger partial charge < -0.3 is 19.9 Å². The zero-order chi connectivity index (χ0) is 16.6. The molecule has 126 valence electrons. The van der Waals surface area contributed by atoms with Gasteiger partial charge in [0.2, 0.25) is 0 Å². The first-order valence-electron chi connectivity index (χ1n) is 8.06. The zero-order valence-corrected chi connectivity index (χ0v) is 14.5. The highest BCUT2D eigenvalue weighted by molar-refractivity contribution is 5.67. The van der Waals surface area contributed by atoms with Crippen LogP contribution in [0.5, 0.6) is 0 Å². The van der Waals surface area contributed by atoms with Crippen LogP contribution >= 0.6 is 0 Å². The van der Waals surface area contributed by atoms with Gasteiger partial charge in [-0.3, -0.25) is 0 Å². The second-order valence-electron chi connectivity index (χ2n) is 6.41. The van der Waals surface area contributed by atoms with Crippen molar-refractivity contribution < 1.29 is 9.53 Å². The summed E-state index contributed by atoms with van der Waals surface area (Å²) in [4.78, 5) is 16.0. The van der Waals surface area contributed by atoms with Gasteiger partial charge in [0.05, 0.1) is 6.54 Å². The Labute approximate surface area is 133 Å². The predicted octanol–water partition coefficient (Wildman–Crippen LogP) is 2.69. The third kappa shape index (κ3) is 6.93. The minimum atomic E-state index is -0.468. The van der Waals surface area contributed by atoms with Crippen molar-refractivity contribution in [2.75, 3.05) is 6.54 Å². The molecule has 22 heavy (non-hydrogen) atoms. The second kappa shape index (κ2) is 8.78. The first kappa shape index (κ1) is 18.5. The van der Waals surface area contributed by atoms with E-state index >= 15 is 0 Å². The van der Waals surface area contributed by atoms with Crippen LogP contribution in [-0.2, 0) is 17.8 Å². The average molecular weight is 310 g/mol. The summed E-state index contributed by atoms with van der Waals surface area (Å²) in [5, 5.41) is 6.24. The standard InChI is InChI=1S/C16H30N4O2/c1-6-9-20-10-8-17-14(20)12-18-13(7-2)11-19-15(21)22-16(3,4)5/h8,10,13,18H,6-7,9,11-12H2,1-5H3,(H,19,21). The largest absolute Gasteiger partial charge is 0.444 e. The summed E-state index contributed by atoms with van der Waals surface area (Å²) in [6.45, 7) is 12.0. The molecule has 2 N–H and O–H groups in total. The summed E-state index contributed by atoms with van der Waals surface area (Å²) in [5.74, 6) is 1.03. The van der Waals surface area contributed by atoms with Crippen LogP contribution in [0, 0.1) is 0 Å². The molecule has 1 rings (SSSR count). The monoisotopic (exact) mass is 310 g/mol. The Morgan fingerprint density at radius 3 is 2.73 bits per heavy atom. The molecule has 0 spiro atoms. The molecule has 6 heteroatoms. The van der Waals surface area contributed by atoms with Crippen molar-refractivity contribution in [3.8, 4) is 0 Å². The quantitative estimate of drug-likeness (QED) is 0.774. The van der Waals surface area contributed by atoms with Crippen LogP contribution in [0.3, 0.4) is 0 Å². The molecule has 1 amide bonds. The highest BCUT2D eigenvalue weighted by Crippen LogP contribution is 2.06. The predicted molar refractivity (Wildman–Crippen MR) is 87.7 cm³/mol. The van der Waals surface area contributed by atoms with Crippen molar-refractivity contribution in [3.63, 3.8) is 0 Å². The van der Waals surface area contributed by atoms with Gasteiger partial charge in [0.25, 0.3) is 0 Å². The molecule has 0 aliphatic heterocycles. The summed E-state index contributed by atoms with van der Waals surface area (Å²) in [7, 11) is 0. The Morgan fingerprint density at radius 2 is 2.14 bits per heavy atom. The fourth-order valence-electron chi connectivity index (χ4n) is 2.07. The molecule has 1 aromatic heterocycles. The van der Waals surface area contributed by atoms with Crippen molar-refractivity contribution in [1.29, 1.82) is 0 Å². The Balaban J connectivity index is 2.39. The van der Waals surface area contributed by atoms with Crippen LogP contribution in [0.2, 0.25) is 0 Å². The average Bonchev–Trinajstić information content (AvgIpc) is 2.85. The third-order valence-corrected chi connectivity index (χ3v) is 3.20. The molecular formula is C16H30N4O2. The maximum atomic E-state index is 11.7. The van der Waals surface area contributed by atoms with E-state index < -0.39 is 5.60 Å². The fraction of sp³-hybridized carbons (Fsp3) is 0.750. The van der Waals surface area contributed by atoms with E-state index in [1.54, 1.807) is 0 Å². The molecule has 0 fully saturated rings. The molecule has 1 aromatic rings. The van der Waals surface area contributed by atoms with Crippen LogP contribution in [0.4, 0.5) is 4.79 Å².